The van der Waals surface area contributed by atoms with E-state index in [1.54, 1.807) is 12.5 Å². The van der Waals surface area contributed by atoms with Crippen LogP contribution in [0.1, 0.15) is 21.6 Å². The van der Waals surface area contributed by atoms with Crippen LogP contribution in [0.5, 0.6) is 0 Å². The van der Waals surface area contributed by atoms with Gasteiger partial charge in [0.15, 0.2) is 0 Å². The van der Waals surface area contributed by atoms with Crippen molar-refractivity contribution < 1.29 is 9.53 Å². The van der Waals surface area contributed by atoms with Gasteiger partial charge in [0.05, 0.1) is 13.4 Å². The molecule has 130 valence electrons. The van der Waals surface area contributed by atoms with Gasteiger partial charge in [0, 0.05) is 36.4 Å². The molecule has 4 rings (SSSR count). The predicted octanol–water partition coefficient (Wildman–Crippen LogP) is 3.72. The highest BCUT2D eigenvalue weighted by Gasteiger charge is 2.16. The molecule has 2 aromatic carbocycles. The van der Waals surface area contributed by atoms with Gasteiger partial charge in [0.25, 0.3) is 0 Å². The third kappa shape index (κ3) is 3.11. The second-order valence-electron chi connectivity index (χ2n) is 6.22. The van der Waals surface area contributed by atoms with Crippen molar-refractivity contribution in [3.63, 3.8) is 0 Å². The van der Waals surface area contributed by atoms with Crippen LogP contribution in [0.3, 0.4) is 0 Å². The van der Waals surface area contributed by atoms with E-state index in [9.17, 15) is 4.79 Å². The smallest absolute Gasteiger partial charge is 0.354 e. The van der Waals surface area contributed by atoms with E-state index in [2.05, 4.69) is 35.3 Å². The molecule has 0 unspecified atom stereocenters. The number of hydrogen-bond donors (Lipinski definition) is 0. The Balaban J connectivity index is 1.80. The quantitative estimate of drug-likeness (QED) is 0.518. The van der Waals surface area contributed by atoms with E-state index >= 15 is 0 Å². The van der Waals surface area contributed by atoms with E-state index in [1.165, 1.54) is 7.11 Å². The second kappa shape index (κ2) is 6.88. The molecule has 2 aromatic heterocycles. The van der Waals surface area contributed by atoms with Gasteiger partial charge in [-0.15, -0.1) is 0 Å². The zero-order chi connectivity index (χ0) is 17.9. The zero-order valence-corrected chi connectivity index (χ0v) is 14.5. The van der Waals surface area contributed by atoms with Gasteiger partial charge in [-0.25, -0.2) is 9.78 Å². The first-order chi connectivity index (χ1) is 12.7. The van der Waals surface area contributed by atoms with Crippen LogP contribution in [-0.2, 0) is 17.8 Å². The van der Waals surface area contributed by atoms with Crippen LogP contribution in [0.15, 0.2) is 73.3 Å². The first-order valence-corrected chi connectivity index (χ1v) is 8.45. The number of carbonyl (C=O) groups excluding carboxylic acids is 1. The van der Waals surface area contributed by atoms with Gasteiger partial charge in [-0.05, 0) is 23.3 Å². The van der Waals surface area contributed by atoms with E-state index in [4.69, 9.17) is 4.74 Å². The van der Waals surface area contributed by atoms with Crippen LogP contribution in [0.4, 0.5) is 0 Å². The molecule has 0 aliphatic carbocycles. The average Bonchev–Trinajstić information content (AvgIpc) is 3.30. The Morgan fingerprint density at radius 1 is 1.04 bits per heavy atom. The molecule has 0 bridgehead atoms. The number of fused-ring (bicyclic) bond motifs is 1. The Kier molecular flexibility index (Phi) is 4.27. The Hall–Kier alpha value is -3.34. The highest BCUT2D eigenvalue weighted by atomic mass is 16.5. The SMILES string of the molecule is COC(=O)c1cc2ccc(Cn3ccnc3)cc2n1Cc1ccccc1. The summed E-state index contributed by atoms with van der Waals surface area (Å²) in [5.41, 5.74) is 3.87. The standard InChI is InChI=1S/C21H19N3O2/c1-26-21(25)20-12-18-8-7-17(13-23-10-9-22-15-23)11-19(18)24(20)14-16-5-3-2-4-6-16/h2-12,15H,13-14H2,1H3. The third-order valence-corrected chi connectivity index (χ3v) is 4.47. The highest BCUT2D eigenvalue weighted by Crippen LogP contribution is 2.24. The lowest BCUT2D eigenvalue weighted by atomic mass is 10.1. The number of imidazole rings is 1. The number of methoxy groups -OCH3 is 1. The summed E-state index contributed by atoms with van der Waals surface area (Å²) in [5.74, 6) is -0.326. The van der Waals surface area contributed by atoms with Crippen LogP contribution in [0.2, 0.25) is 0 Å². The summed E-state index contributed by atoms with van der Waals surface area (Å²) in [6, 6.07) is 18.3. The number of aromatic nitrogens is 3. The molecular formula is C21H19N3O2. The lowest BCUT2D eigenvalue weighted by molar-refractivity contribution is 0.0589. The van der Waals surface area contributed by atoms with E-state index in [0.29, 0.717) is 12.2 Å². The van der Waals surface area contributed by atoms with Crippen LogP contribution < -0.4 is 0 Å². The Morgan fingerprint density at radius 2 is 1.88 bits per heavy atom. The van der Waals surface area contributed by atoms with Gasteiger partial charge in [-0.2, -0.15) is 0 Å². The molecule has 26 heavy (non-hydrogen) atoms. The zero-order valence-electron chi connectivity index (χ0n) is 14.5. The van der Waals surface area contributed by atoms with Crippen molar-refractivity contribution in [2.24, 2.45) is 0 Å². The Morgan fingerprint density at radius 3 is 2.62 bits per heavy atom. The van der Waals surface area contributed by atoms with E-state index in [1.807, 2.05) is 39.6 Å². The van der Waals surface area contributed by atoms with Crippen molar-refractivity contribution in [1.82, 2.24) is 14.1 Å². The molecule has 0 aliphatic rings. The van der Waals surface area contributed by atoms with Gasteiger partial charge in [0.2, 0.25) is 0 Å². The van der Waals surface area contributed by atoms with Crippen LogP contribution in [0, 0.1) is 0 Å². The van der Waals surface area contributed by atoms with E-state index in [0.717, 1.165) is 28.6 Å². The molecule has 0 radical (unpaired) electrons. The first kappa shape index (κ1) is 16.1. The maximum Gasteiger partial charge on any atom is 0.354 e. The molecule has 4 aromatic rings. The minimum absolute atomic E-state index is 0.326. The summed E-state index contributed by atoms with van der Waals surface area (Å²) in [6.07, 6.45) is 5.51. The predicted molar refractivity (Wildman–Crippen MR) is 100 cm³/mol. The van der Waals surface area contributed by atoms with Gasteiger partial charge in [-0.3, -0.25) is 0 Å². The van der Waals surface area contributed by atoms with Crippen LogP contribution in [-0.4, -0.2) is 27.2 Å². The molecule has 5 nitrogen and oxygen atoms in total. The minimum atomic E-state index is -0.326. The first-order valence-electron chi connectivity index (χ1n) is 8.45. The third-order valence-electron chi connectivity index (χ3n) is 4.47. The number of nitrogens with zero attached hydrogens (tertiary/aromatic N) is 3. The fraction of sp³-hybridized carbons (Fsp3) is 0.143. The van der Waals surface area contributed by atoms with Crippen molar-refractivity contribution in [2.45, 2.75) is 13.1 Å². The molecular weight excluding hydrogens is 326 g/mol. The monoisotopic (exact) mass is 345 g/mol. The number of hydrogen-bond acceptors (Lipinski definition) is 3. The van der Waals surface area contributed by atoms with Crippen LogP contribution in [0.25, 0.3) is 10.9 Å². The van der Waals surface area contributed by atoms with Crippen molar-refractivity contribution in [3.8, 4) is 0 Å². The highest BCUT2D eigenvalue weighted by molar-refractivity contribution is 5.95. The molecule has 0 N–H and O–H groups in total. The number of ether oxygens (including phenoxy) is 1. The number of carbonyl (C=O) groups is 1. The van der Waals surface area contributed by atoms with Crippen molar-refractivity contribution in [2.75, 3.05) is 7.11 Å². The molecule has 0 fully saturated rings. The summed E-state index contributed by atoms with van der Waals surface area (Å²) in [6.45, 7) is 1.35. The summed E-state index contributed by atoms with van der Waals surface area (Å²) >= 11 is 0. The summed E-state index contributed by atoms with van der Waals surface area (Å²) in [5, 5.41) is 1.02. The van der Waals surface area contributed by atoms with Crippen molar-refractivity contribution in [1.29, 1.82) is 0 Å². The number of esters is 1. The largest absolute Gasteiger partial charge is 0.464 e. The molecule has 0 atom stereocenters. The number of benzene rings is 2. The van der Waals surface area contributed by atoms with E-state index in [-0.39, 0.29) is 5.97 Å². The van der Waals surface area contributed by atoms with E-state index < -0.39 is 0 Å². The number of rotatable bonds is 5. The lowest BCUT2D eigenvalue weighted by Gasteiger charge is -2.11. The molecule has 0 saturated heterocycles. The van der Waals surface area contributed by atoms with Crippen molar-refractivity contribution >= 4 is 16.9 Å². The fourth-order valence-corrected chi connectivity index (χ4v) is 3.20. The van der Waals surface area contributed by atoms with Gasteiger partial charge in [-0.1, -0.05) is 42.5 Å². The molecule has 0 aliphatic heterocycles. The van der Waals surface area contributed by atoms with Crippen molar-refractivity contribution in [3.05, 3.63) is 90.1 Å². The Bertz CT molecular complexity index is 1030. The minimum Gasteiger partial charge on any atom is -0.464 e. The molecule has 2 heterocycles. The summed E-state index contributed by atoms with van der Waals surface area (Å²) < 4.78 is 9.03. The maximum atomic E-state index is 12.3. The lowest BCUT2D eigenvalue weighted by Crippen LogP contribution is -2.11. The normalized spacial score (nSPS) is 11.0. The summed E-state index contributed by atoms with van der Waals surface area (Å²) in [4.78, 5) is 16.4. The fourth-order valence-electron chi connectivity index (χ4n) is 3.20. The molecule has 0 spiro atoms. The topological polar surface area (TPSA) is 49.1 Å². The summed E-state index contributed by atoms with van der Waals surface area (Å²) in [7, 11) is 1.41. The van der Waals surface area contributed by atoms with Gasteiger partial charge in [0.1, 0.15) is 5.69 Å². The van der Waals surface area contributed by atoms with Gasteiger partial charge >= 0.3 is 5.97 Å². The maximum absolute atomic E-state index is 12.3. The average molecular weight is 345 g/mol. The molecule has 5 heteroatoms. The van der Waals surface area contributed by atoms with Gasteiger partial charge < -0.3 is 13.9 Å². The van der Waals surface area contributed by atoms with Crippen LogP contribution >= 0.6 is 0 Å². The molecule has 0 amide bonds. The molecule has 0 saturated carbocycles. The Labute approximate surface area is 151 Å². The second-order valence-corrected chi connectivity index (χ2v) is 6.22.